The minimum atomic E-state index is 1.06. The van der Waals surface area contributed by atoms with E-state index >= 15 is 0 Å². The SMILES string of the molecule is Brc1ccc(-c2ccc3n2CCc2ccccc2-3)cc1. The summed E-state index contributed by atoms with van der Waals surface area (Å²) in [5.74, 6) is 0. The van der Waals surface area contributed by atoms with Crippen LogP contribution in [0.3, 0.4) is 0 Å². The van der Waals surface area contributed by atoms with Crippen LogP contribution < -0.4 is 0 Å². The molecule has 1 aromatic heterocycles. The third kappa shape index (κ3) is 1.83. The second kappa shape index (κ2) is 4.64. The molecular formula is C18H14BrN. The Kier molecular flexibility index (Phi) is 2.78. The molecule has 0 N–H and O–H groups in total. The summed E-state index contributed by atoms with van der Waals surface area (Å²) in [6.07, 6.45) is 1.11. The van der Waals surface area contributed by atoms with E-state index in [1.165, 1.54) is 28.1 Å². The highest BCUT2D eigenvalue weighted by atomic mass is 79.9. The summed E-state index contributed by atoms with van der Waals surface area (Å²) in [7, 11) is 0. The van der Waals surface area contributed by atoms with Gasteiger partial charge in [0.15, 0.2) is 0 Å². The van der Waals surface area contributed by atoms with Crippen molar-refractivity contribution in [2.24, 2.45) is 0 Å². The van der Waals surface area contributed by atoms with Gasteiger partial charge >= 0.3 is 0 Å². The van der Waals surface area contributed by atoms with Gasteiger partial charge in [0.05, 0.1) is 0 Å². The number of aryl methyl sites for hydroxylation is 1. The Morgan fingerprint density at radius 2 is 1.55 bits per heavy atom. The summed E-state index contributed by atoms with van der Waals surface area (Å²) in [6, 6.07) is 21.8. The number of nitrogens with zero attached hydrogens (tertiary/aromatic N) is 1. The average Bonchev–Trinajstić information content (AvgIpc) is 2.92. The van der Waals surface area contributed by atoms with E-state index in [4.69, 9.17) is 0 Å². The monoisotopic (exact) mass is 323 g/mol. The molecule has 2 heteroatoms. The lowest BCUT2D eigenvalue weighted by molar-refractivity contribution is 0.695. The van der Waals surface area contributed by atoms with E-state index in [1.54, 1.807) is 0 Å². The van der Waals surface area contributed by atoms with Gasteiger partial charge in [0.2, 0.25) is 0 Å². The minimum absolute atomic E-state index is 1.06. The topological polar surface area (TPSA) is 4.93 Å². The molecule has 2 heterocycles. The lowest BCUT2D eigenvalue weighted by atomic mass is 9.99. The summed E-state index contributed by atoms with van der Waals surface area (Å²) in [6.45, 7) is 1.06. The molecule has 4 rings (SSSR count). The third-order valence-corrected chi connectivity index (χ3v) is 4.55. The molecule has 1 nitrogen and oxygen atoms in total. The van der Waals surface area contributed by atoms with Crippen molar-refractivity contribution in [2.75, 3.05) is 0 Å². The van der Waals surface area contributed by atoms with Gasteiger partial charge in [-0.05, 0) is 41.8 Å². The molecule has 0 fully saturated rings. The van der Waals surface area contributed by atoms with Crippen molar-refractivity contribution in [2.45, 2.75) is 13.0 Å². The van der Waals surface area contributed by atoms with Gasteiger partial charge in [-0.1, -0.05) is 52.3 Å². The number of rotatable bonds is 1. The van der Waals surface area contributed by atoms with Crippen LogP contribution in [0.4, 0.5) is 0 Å². The normalized spacial score (nSPS) is 12.8. The summed E-state index contributed by atoms with van der Waals surface area (Å²) in [4.78, 5) is 0. The second-order valence-electron chi connectivity index (χ2n) is 5.17. The van der Waals surface area contributed by atoms with E-state index in [1.807, 2.05) is 0 Å². The fourth-order valence-corrected chi connectivity index (χ4v) is 3.30. The molecule has 0 bridgehead atoms. The molecule has 0 saturated heterocycles. The van der Waals surface area contributed by atoms with Gasteiger partial charge in [-0.25, -0.2) is 0 Å². The molecule has 0 saturated carbocycles. The first-order valence-corrected chi connectivity index (χ1v) is 7.66. The van der Waals surface area contributed by atoms with Crippen LogP contribution in [0.25, 0.3) is 22.5 Å². The molecule has 2 aromatic carbocycles. The molecule has 0 spiro atoms. The Labute approximate surface area is 127 Å². The molecule has 1 aliphatic rings. The summed E-state index contributed by atoms with van der Waals surface area (Å²) < 4.78 is 3.56. The maximum Gasteiger partial charge on any atom is 0.0488 e. The van der Waals surface area contributed by atoms with E-state index in [9.17, 15) is 0 Å². The largest absolute Gasteiger partial charge is 0.340 e. The van der Waals surface area contributed by atoms with E-state index in [0.29, 0.717) is 0 Å². The average molecular weight is 324 g/mol. The van der Waals surface area contributed by atoms with Gasteiger partial charge in [-0.15, -0.1) is 0 Å². The highest BCUT2D eigenvalue weighted by molar-refractivity contribution is 9.10. The van der Waals surface area contributed by atoms with Crippen LogP contribution >= 0.6 is 15.9 Å². The minimum Gasteiger partial charge on any atom is -0.340 e. The quantitative estimate of drug-likeness (QED) is 0.584. The second-order valence-corrected chi connectivity index (χ2v) is 6.09. The Morgan fingerprint density at radius 3 is 2.40 bits per heavy atom. The van der Waals surface area contributed by atoms with Gasteiger partial charge in [-0.3, -0.25) is 0 Å². The number of benzene rings is 2. The zero-order valence-corrected chi connectivity index (χ0v) is 12.6. The lowest BCUT2D eigenvalue weighted by Gasteiger charge is -2.21. The number of fused-ring (bicyclic) bond motifs is 3. The van der Waals surface area contributed by atoms with Crippen molar-refractivity contribution in [1.82, 2.24) is 4.57 Å². The van der Waals surface area contributed by atoms with Gasteiger partial charge in [0.25, 0.3) is 0 Å². The van der Waals surface area contributed by atoms with Crippen LogP contribution in [-0.2, 0) is 13.0 Å². The van der Waals surface area contributed by atoms with Gasteiger partial charge in [0.1, 0.15) is 0 Å². The maximum absolute atomic E-state index is 3.50. The number of hydrogen-bond acceptors (Lipinski definition) is 0. The molecule has 0 atom stereocenters. The molecule has 98 valence electrons. The molecule has 20 heavy (non-hydrogen) atoms. The summed E-state index contributed by atoms with van der Waals surface area (Å²) in [5.41, 5.74) is 6.76. The van der Waals surface area contributed by atoms with E-state index in [0.717, 1.165) is 17.4 Å². The Balaban J connectivity index is 1.87. The molecule has 3 aromatic rings. The first-order chi connectivity index (χ1) is 9.83. The highest BCUT2D eigenvalue weighted by Gasteiger charge is 2.18. The molecular weight excluding hydrogens is 310 g/mol. The van der Waals surface area contributed by atoms with Crippen LogP contribution in [0, 0.1) is 0 Å². The molecule has 0 aliphatic carbocycles. The fourth-order valence-electron chi connectivity index (χ4n) is 3.04. The number of halogens is 1. The highest BCUT2D eigenvalue weighted by Crippen LogP contribution is 2.35. The van der Waals surface area contributed by atoms with E-state index in [-0.39, 0.29) is 0 Å². The predicted molar refractivity (Wildman–Crippen MR) is 86.7 cm³/mol. The van der Waals surface area contributed by atoms with Gasteiger partial charge in [-0.2, -0.15) is 0 Å². The van der Waals surface area contributed by atoms with Crippen LogP contribution in [0.1, 0.15) is 5.56 Å². The lowest BCUT2D eigenvalue weighted by Crippen LogP contribution is -2.11. The van der Waals surface area contributed by atoms with Crippen molar-refractivity contribution in [3.8, 4) is 22.5 Å². The van der Waals surface area contributed by atoms with Crippen molar-refractivity contribution in [3.63, 3.8) is 0 Å². The van der Waals surface area contributed by atoms with Crippen LogP contribution in [0.2, 0.25) is 0 Å². The molecule has 1 aliphatic heterocycles. The summed E-state index contributed by atoms with van der Waals surface area (Å²) >= 11 is 3.50. The smallest absolute Gasteiger partial charge is 0.0488 e. The van der Waals surface area contributed by atoms with Crippen molar-refractivity contribution in [3.05, 3.63) is 70.7 Å². The van der Waals surface area contributed by atoms with E-state index < -0.39 is 0 Å². The Bertz CT molecular complexity index is 768. The molecule has 0 radical (unpaired) electrons. The first-order valence-electron chi connectivity index (χ1n) is 6.87. The predicted octanol–water partition coefficient (Wildman–Crippen LogP) is 5.14. The first kappa shape index (κ1) is 12.0. The van der Waals surface area contributed by atoms with Gasteiger partial charge in [0, 0.05) is 28.0 Å². The Morgan fingerprint density at radius 1 is 0.800 bits per heavy atom. The van der Waals surface area contributed by atoms with Crippen molar-refractivity contribution >= 4 is 15.9 Å². The zero-order valence-electron chi connectivity index (χ0n) is 11.0. The van der Waals surface area contributed by atoms with Crippen LogP contribution in [-0.4, -0.2) is 4.57 Å². The fraction of sp³-hybridized carbons (Fsp3) is 0.111. The van der Waals surface area contributed by atoms with Crippen molar-refractivity contribution in [1.29, 1.82) is 0 Å². The van der Waals surface area contributed by atoms with Crippen LogP contribution in [0.15, 0.2) is 65.1 Å². The third-order valence-electron chi connectivity index (χ3n) is 4.02. The molecule has 0 amide bonds. The van der Waals surface area contributed by atoms with Gasteiger partial charge < -0.3 is 4.57 Å². The van der Waals surface area contributed by atoms with E-state index in [2.05, 4.69) is 81.2 Å². The Hall–Kier alpha value is -1.80. The van der Waals surface area contributed by atoms with Crippen LogP contribution in [0.5, 0.6) is 0 Å². The standard InChI is InChI=1S/C18H14BrN/c19-15-7-5-14(6-8-15)17-9-10-18-16-4-2-1-3-13(16)11-12-20(17)18/h1-10H,11-12H2. The zero-order chi connectivity index (χ0) is 13.5. The maximum atomic E-state index is 3.50. The number of aromatic nitrogens is 1. The molecule has 0 unspecified atom stereocenters. The number of hydrogen-bond donors (Lipinski definition) is 0. The van der Waals surface area contributed by atoms with Crippen molar-refractivity contribution < 1.29 is 0 Å². The summed E-state index contributed by atoms with van der Waals surface area (Å²) in [5, 5.41) is 0.